The van der Waals surface area contributed by atoms with Crippen LogP contribution in [0.2, 0.25) is 0 Å². The standard InChI is InChI=1S/C53H39N3/c54-35-36-23-28-47-46(31-36)51-45(21-12-22-48(51)53(47)29-8-3-9-30-53)43-19-10-17-41(32-43)42-18-11-20-44(33-42)50-34-49(55-52(56-50)40-15-6-2-7-16-40)39-26-24-38(25-27-39)37-13-4-1-5-14-37/h1-2,4-7,10-28,31-34H,3,8-9,29-30H2. The van der Waals surface area contributed by atoms with Crippen LogP contribution < -0.4 is 0 Å². The Labute approximate surface area is 328 Å². The summed E-state index contributed by atoms with van der Waals surface area (Å²) in [7, 11) is 0. The van der Waals surface area contributed by atoms with Gasteiger partial charge in [-0.25, -0.2) is 9.97 Å². The molecular weight excluding hydrogens is 679 g/mol. The maximum Gasteiger partial charge on any atom is 0.160 e. The van der Waals surface area contributed by atoms with Crippen LogP contribution in [-0.4, -0.2) is 9.97 Å². The van der Waals surface area contributed by atoms with Gasteiger partial charge in [0.2, 0.25) is 0 Å². The van der Waals surface area contributed by atoms with Crippen molar-refractivity contribution in [3.8, 4) is 84.5 Å². The summed E-state index contributed by atoms with van der Waals surface area (Å²) >= 11 is 0. The summed E-state index contributed by atoms with van der Waals surface area (Å²) in [5, 5.41) is 9.91. The van der Waals surface area contributed by atoms with Crippen molar-refractivity contribution in [2.75, 3.05) is 0 Å². The van der Waals surface area contributed by atoms with Crippen LogP contribution in [0.25, 0.3) is 78.4 Å². The van der Waals surface area contributed by atoms with Crippen molar-refractivity contribution in [2.45, 2.75) is 37.5 Å². The van der Waals surface area contributed by atoms with Gasteiger partial charge in [0.05, 0.1) is 23.0 Å². The van der Waals surface area contributed by atoms with Crippen molar-refractivity contribution < 1.29 is 0 Å². The third-order valence-electron chi connectivity index (χ3n) is 11.9. The van der Waals surface area contributed by atoms with Crippen LogP contribution >= 0.6 is 0 Å². The first-order valence-electron chi connectivity index (χ1n) is 19.7. The van der Waals surface area contributed by atoms with Crippen LogP contribution in [0.15, 0.2) is 176 Å². The fourth-order valence-corrected chi connectivity index (χ4v) is 9.21. The molecule has 0 saturated heterocycles. The lowest BCUT2D eigenvalue weighted by atomic mass is 9.67. The molecule has 1 fully saturated rings. The van der Waals surface area contributed by atoms with Gasteiger partial charge in [-0.15, -0.1) is 0 Å². The molecule has 2 aliphatic rings. The third-order valence-corrected chi connectivity index (χ3v) is 11.9. The summed E-state index contributed by atoms with van der Waals surface area (Å²) in [6, 6.07) is 64.7. The van der Waals surface area contributed by atoms with Gasteiger partial charge in [-0.1, -0.05) is 165 Å². The predicted octanol–water partition coefficient (Wildman–Crippen LogP) is 13.6. The molecule has 7 aromatic carbocycles. The second-order valence-corrected chi connectivity index (χ2v) is 15.2. The second kappa shape index (κ2) is 14.1. The number of benzene rings is 7. The highest BCUT2D eigenvalue weighted by Crippen LogP contribution is 2.58. The zero-order chi connectivity index (χ0) is 37.5. The minimum Gasteiger partial charge on any atom is -0.228 e. The van der Waals surface area contributed by atoms with E-state index in [0.717, 1.165) is 57.6 Å². The predicted molar refractivity (Wildman–Crippen MR) is 229 cm³/mol. The molecular formula is C53H39N3. The molecule has 1 spiro atoms. The Bertz CT molecular complexity index is 2770. The Morgan fingerprint density at radius 1 is 0.411 bits per heavy atom. The lowest BCUT2D eigenvalue weighted by Gasteiger charge is -2.36. The number of hydrogen-bond acceptors (Lipinski definition) is 3. The number of nitrogens with zero attached hydrogens (tertiary/aromatic N) is 3. The average molecular weight is 718 g/mol. The Hall–Kier alpha value is -6.89. The summed E-state index contributed by atoms with van der Waals surface area (Å²) < 4.78 is 0. The molecule has 0 radical (unpaired) electrons. The van der Waals surface area contributed by atoms with Gasteiger partial charge in [0.25, 0.3) is 0 Å². The zero-order valence-electron chi connectivity index (χ0n) is 31.1. The number of hydrogen-bond donors (Lipinski definition) is 0. The van der Waals surface area contributed by atoms with Crippen LogP contribution in [0.3, 0.4) is 0 Å². The molecule has 0 atom stereocenters. The van der Waals surface area contributed by atoms with E-state index < -0.39 is 0 Å². The van der Waals surface area contributed by atoms with Crippen molar-refractivity contribution in [2.24, 2.45) is 0 Å². The van der Waals surface area contributed by atoms with Crippen molar-refractivity contribution in [3.05, 3.63) is 193 Å². The fraction of sp³-hybridized carbons (Fsp3) is 0.113. The van der Waals surface area contributed by atoms with Crippen molar-refractivity contribution in [1.82, 2.24) is 9.97 Å². The van der Waals surface area contributed by atoms with E-state index >= 15 is 0 Å². The van der Waals surface area contributed by atoms with Crippen molar-refractivity contribution in [3.63, 3.8) is 0 Å². The topological polar surface area (TPSA) is 49.6 Å². The van der Waals surface area contributed by atoms with Gasteiger partial charge in [0.1, 0.15) is 0 Å². The van der Waals surface area contributed by atoms with E-state index in [1.54, 1.807) is 0 Å². The molecule has 1 saturated carbocycles. The first kappa shape index (κ1) is 33.7. The summed E-state index contributed by atoms with van der Waals surface area (Å²) in [6.45, 7) is 0. The number of fused-ring (bicyclic) bond motifs is 5. The molecule has 10 rings (SSSR count). The van der Waals surface area contributed by atoms with Gasteiger partial charge in [-0.05, 0) is 98.8 Å². The monoisotopic (exact) mass is 717 g/mol. The van der Waals surface area contributed by atoms with Crippen LogP contribution in [0.1, 0.15) is 48.8 Å². The van der Waals surface area contributed by atoms with E-state index in [4.69, 9.17) is 9.97 Å². The highest BCUT2D eigenvalue weighted by atomic mass is 14.9. The molecule has 56 heavy (non-hydrogen) atoms. The SMILES string of the molecule is N#Cc1ccc2c(c1)-c1c(-c3cccc(-c4cccc(-c5cc(-c6ccc(-c7ccccc7)cc6)nc(-c6ccccc6)n5)c4)c3)cccc1C21CCCCC1. The number of nitriles is 1. The van der Waals surface area contributed by atoms with Gasteiger partial charge in [0, 0.05) is 22.1 Å². The van der Waals surface area contributed by atoms with Crippen molar-refractivity contribution in [1.29, 1.82) is 5.26 Å². The van der Waals surface area contributed by atoms with Gasteiger partial charge in [0.15, 0.2) is 5.82 Å². The Morgan fingerprint density at radius 2 is 0.982 bits per heavy atom. The Morgan fingerprint density at radius 3 is 1.70 bits per heavy atom. The Balaban J connectivity index is 1.05. The zero-order valence-corrected chi connectivity index (χ0v) is 31.1. The largest absolute Gasteiger partial charge is 0.228 e. The van der Waals surface area contributed by atoms with E-state index in [0.29, 0.717) is 5.82 Å². The molecule has 3 heteroatoms. The van der Waals surface area contributed by atoms with E-state index in [1.807, 2.05) is 30.3 Å². The van der Waals surface area contributed by atoms with E-state index in [-0.39, 0.29) is 5.41 Å². The van der Waals surface area contributed by atoms with Gasteiger partial charge >= 0.3 is 0 Å². The molecule has 266 valence electrons. The average Bonchev–Trinajstić information content (AvgIpc) is 3.55. The highest BCUT2D eigenvalue weighted by Gasteiger charge is 2.44. The number of rotatable bonds is 6. The minimum atomic E-state index is 0.0256. The van der Waals surface area contributed by atoms with Gasteiger partial charge in [-0.3, -0.25) is 0 Å². The molecule has 0 aliphatic heterocycles. The molecule has 8 aromatic rings. The maximum atomic E-state index is 9.91. The summed E-state index contributed by atoms with van der Waals surface area (Å²) in [5.74, 6) is 0.700. The van der Waals surface area contributed by atoms with Gasteiger partial charge in [-0.2, -0.15) is 5.26 Å². The van der Waals surface area contributed by atoms with Crippen LogP contribution in [-0.2, 0) is 5.41 Å². The first-order valence-corrected chi connectivity index (χ1v) is 19.7. The lowest BCUT2D eigenvalue weighted by molar-refractivity contribution is 0.353. The minimum absolute atomic E-state index is 0.0256. The van der Waals surface area contributed by atoms with Crippen molar-refractivity contribution >= 4 is 0 Å². The van der Waals surface area contributed by atoms with Crippen LogP contribution in [0, 0.1) is 11.3 Å². The molecule has 3 nitrogen and oxygen atoms in total. The summed E-state index contributed by atoms with van der Waals surface area (Å²) in [6.07, 6.45) is 6.07. The fourth-order valence-electron chi connectivity index (χ4n) is 9.21. The molecule has 1 heterocycles. The molecule has 0 amide bonds. The van der Waals surface area contributed by atoms with E-state index in [9.17, 15) is 5.26 Å². The smallest absolute Gasteiger partial charge is 0.160 e. The van der Waals surface area contributed by atoms with Gasteiger partial charge < -0.3 is 0 Å². The Kier molecular flexibility index (Phi) is 8.46. The quantitative estimate of drug-likeness (QED) is 0.172. The second-order valence-electron chi connectivity index (χ2n) is 15.2. The molecule has 2 aliphatic carbocycles. The number of aromatic nitrogens is 2. The summed E-state index contributed by atoms with van der Waals surface area (Å²) in [5.41, 5.74) is 18.0. The third kappa shape index (κ3) is 5.92. The summed E-state index contributed by atoms with van der Waals surface area (Å²) in [4.78, 5) is 10.2. The normalized spacial score (nSPS) is 13.8. The lowest BCUT2D eigenvalue weighted by Crippen LogP contribution is -2.28. The van der Waals surface area contributed by atoms with Crippen LogP contribution in [0.4, 0.5) is 0 Å². The van der Waals surface area contributed by atoms with E-state index in [1.165, 1.54) is 63.8 Å². The molecule has 0 unspecified atom stereocenters. The molecule has 1 aromatic heterocycles. The van der Waals surface area contributed by atoms with Crippen LogP contribution in [0.5, 0.6) is 0 Å². The maximum absolute atomic E-state index is 9.91. The molecule has 0 N–H and O–H groups in total. The molecule has 0 bridgehead atoms. The highest BCUT2D eigenvalue weighted by molar-refractivity contribution is 5.94. The first-order chi connectivity index (χ1) is 27.7. The van der Waals surface area contributed by atoms with E-state index in [2.05, 4.69) is 152 Å².